The largest absolute Gasteiger partial charge is 0.355 e. The van der Waals surface area contributed by atoms with Crippen LogP contribution in [0.3, 0.4) is 0 Å². The second kappa shape index (κ2) is 8.19. The third-order valence-corrected chi connectivity index (χ3v) is 4.04. The molecule has 2 aromatic heterocycles. The van der Waals surface area contributed by atoms with Gasteiger partial charge in [0, 0.05) is 16.9 Å². The summed E-state index contributed by atoms with van der Waals surface area (Å²) >= 11 is 3.36. The van der Waals surface area contributed by atoms with E-state index < -0.39 is 16.5 Å². The van der Waals surface area contributed by atoms with Gasteiger partial charge in [0.15, 0.2) is 0 Å². The Kier molecular flexibility index (Phi) is 5.52. The van der Waals surface area contributed by atoms with E-state index in [2.05, 4.69) is 47.1 Å². The van der Waals surface area contributed by atoms with Crippen molar-refractivity contribution in [3.8, 4) is 0 Å². The number of aromatic nitrogens is 3. The van der Waals surface area contributed by atoms with E-state index in [0.29, 0.717) is 10.2 Å². The Bertz CT molecular complexity index is 985. The van der Waals surface area contributed by atoms with Crippen molar-refractivity contribution in [2.24, 2.45) is 0 Å². The molecule has 11 heteroatoms. The van der Waals surface area contributed by atoms with Crippen molar-refractivity contribution >= 4 is 44.8 Å². The highest BCUT2D eigenvalue weighted by molar-refractivity contribution is 9.10. The van der Waals surface area contributed by atoms with Gasteiger partial charge in [-0.3, -0.25) is 30.7 Å². The van der Waals surface area contributed by atoms with Gasteiger partial charge >= 0.3 is 5.69 Å². The van der Waals surface area contributed by atoms with Gasteiger partial charge in [-0.25, -0.2) is 9.97 Å². The third kappa shape index (κ3) is 4.33. The number of hydrogen-bond acceptors (Lipinski definition) is 8. The number of hydrogen-bond donors (Lipinski definition) is 3. The molecule has 10 nitrogen and oxygen atoms in total. The van der Waals surface area contributed by atoms with E-state index in [4.69, 9.17) is 0 Å². The van der Waals surface area contributed by atoms with Crippen molar-refractivity contribution in [3.05, 3.63) is 75.3 Å². The molecule has 3 aromatic rings. The van der Waals surface area contributed by atoms with E-state index in [1.807, 2.05) is 6.07 Å². The molecule has 0 aliphatic heterocycles. The summed E-state index contributed by atoms with van der Waals surface area (Å²) in [6.07, 6.45) is 4.04. The van der Waals surface area contributed by atoms with E-state index in [0.717, 1.165) is 6.33 Å². The fourth-order valence-electron chi connectivity index (χ4n) is 2.11. The van der Waals surface area contributed by atoms with Gasteiger partial charge in [0.05, 0.1) is 16.2 Å². The lowest BCUT2D eigenvalue weighted by atomic mass is 10.3. The monoisotopic (exact) mass is 429 g/mol. The molecule has 0 radical (unpaired) electrons. The number of benzene rings is 1. The Morgan fingerprint density at radius 2 is 1.89 bits per heavy atom. The highest BCUT2D eigenvalue weighted by atomic mass is 79.9. The maximum Gasteiger partial charge on any atom is 0.355 e. The van der Waals surface area contributed by atoms with E-state index in [-0.39, 0.29) is 17.2 Å². The van der Waals surface area contributed by atoms with Crippen LogP contribution in [0.25, 0.3) is 0 Å². The highest BCUT2D eigenvalue weighted by Gasteiger charge is 2.24. The summed E-state index contributed by atoms with van der Waals surface area (Å²) in [6, 6.07) is 10.2. The van der Waals surface area contributed by atoms with Crippen molar-refractivity contribution in [2.75, 3.05) is 10.7 Å². The summed E-state index contributed by atoms with van der Waals surface area (Å²) in [5.74, 6) is -0.710. The molecule has 0 saturated carbocycles. The molecule has 0 aliphatic carbocycles. The number of nitro groups is 1. The van der Waals surface area contributed by atoms with Crippen LogP contribution in [0.2, 0.25) is 0 Å². The minimum absolute atomic E-state index is 0.0278. The maximum absolute atomic E-state index is 12.1. The Hall–Kier alpha value is -3.60. The van der Waals surface area contributed by atoms with Crippen molar-refractivity contribution in [3.63, 3.8) is 0 Å². The zero-order chi connectivity index (χ0) is 19.2. The van der Waals surface area contributed by atoms with E-state index >= 15 is 0 Å². The number of carbonyl (C=O) groups excluding carboxylic acids is 1. The summed E-state index contributed by atoms with van der Waals surface area (Å²) < 4.78 is 0.706. The lowest BCUT2D eigenvalue weighted by Crippen LogP contribution is -2.30. The van der Waals surface area contributed by atoms with Crippen LogP contribution >= 0.6 is 15.9 Å². The van der Waals surface area contributed by atoms with Gasteiger partial charge < -0.3 is 5.32 Å². The molecule has 2 heterocycles. The van der Waals surface area contributed by atoms with Gasteiger partial charge in [-0.05, 0) is 40.2 Å². The quantitative estimate of drug-likeness (QED) is 0.401. The van der Waals surface area contributed by atoms with Crippen LogP contribution in [0.15, 0.2) is 59.6 Å². The predicted octanol–water partition coefficient (Wildman–Crippen LogP) is 3.04. The molecule has 1 aromatic carbocycles. The first kappa shape index (κ1) is 18.2. The number of amides is 1. The molecular formula is C16H12BrN7O3. The van der Waals surface area contributed by atoms with Gasteiger partial charge in [-0.2, -0.15) is 0 Å². The molecular weight excluding hydrogens is 418 g/mol. The summed E-state index contributed by atoms with van der Waals surface area (Å²) in [5.41, 5.74) is 5.27. The minimum Gasteiger partial charge on any atom is -0.333 e. The van der Waals surface area contributed by atoms with Gasteiger partial charge in [0.2, 0.25) is 11.6 Å². The average Bonchev–Trinajstić information content (AvgIpc) is 2.68. The number of nitrogens with one attached hydrogen (secondary N) is 3. The van der Waals surface area contributed by atoms with Gasteiger partial charge in [0.1, 0.15) is 6.33 Å². The normalized spacial score (nSPS) is 10.1. The van der Waals surface area contributed by atoms with Crippen LogP contribution in [0.5, 0.6) is 0 Å². The number of hydrazine groups is 1. The minimum atomic E-state index is -0.641. The van der Waals surface area contributed by atoms with Crippen LogP contribution in [0, 0.1) is 10.1 Å². The lowest BCUT2D eigenvalue weighted by molar-refractivity contribution is -0.383. The van der Waals surface area contributed by atoms with E-state index in [1.54, 1.807) is 30.3 Å². The van der Waals surface area contributed by atoms with Crippen LogP contribution in [-0.2, 0) is 0 Å². The maximum atomic E-state index is 12.1. The molecule has 0 bridgehead atoms. The Labute approximate surface area is 161 Å². The number of halogens is 1. The topological polar surface area (TPSA) is 135 Å². The molecule has 136 valence electrons. The predicted molar refractivity (Wildman–Crippen MR) is 101 cm³/mol. The molecule has 0 saturated heterocycles. The number of pyridine rings is 1. The fraction of sp³-hybridized carbons (Fsp3) is 0. The summed E-state index contributed by atoms with van der Waals surface area (Å²) in [4.78, 5) is 34.6. The molecule has 0 unspecified atom stereocenters. The standard InChI is InChI=1S/C16H12BrN7O3/c17-11-5-1-2-6-12(11)21-14-13(24(26)27)15(20-9-19-14)22-23-16(25)10-4-3-7-18-8-10/h1-9H,(H,23,25)(H2,19,20,21,22). The van der Waals surface area contributed by atoms with Gasteiger partial charge in [0.25, 0.3) is 5.91 Å². The average molecular weight is 430 g/mol. The molecule has 0 fully saturated rings. The van der Waals surface area contributed by atoms with E-state index in [1.165, 1.54) is 12.4 Å². The molecule has 0 atom stereocenters. The Balaban J connectivity index is 1.84. The fourth-order valence-corrected chi connectivity index (χ4v) is 2.49. The molecule has 0 aliphatic rings. The molecule has 3 N–H and O–H groups in total. The number of anilines is 3. The first-order valence-electron chi connectivity index (χ1n) is 7.53. The number of rotatable bonds is 6. The molecule has 27 heavy (non-hydrogen) atoms. The zero-order valence-corrected chi connectivity index (χ0v) is 15.2. The van der Waals surface area contributed by atoms with E-state index in [9.17, 15) is 14.9 Å². The van der Waals surface area contributed by atoms with Gasteiger partial charge in [-0.1, -0.05) is 12.1 Å². The third-order valence-electron chi connectivity index (χ3n) is 3.35. The van der Waals surface area contributed by atoms with Gasteiger partial charge in [-0.15, -0.1) is 0 Å². The van der Waals surface area contributed by atoms with Crippen LogP contribution < -0.4 is 16.2 Å². The molecule has 1 amide bonds. The SMILES string of the molecule is O=C(NNc1ncnc(Nc2ccccc2Br)c1[N+](=O)[O-])c1cccnc1. The zero-order valence-electron chi connectivity index (χ0n) is 13.6. The molecule has 0 spiro atoms. The second-order valence-electron chi connectivity index (χ2n) is 5.10. The van der Waals surface area contributed by atoms with Crippen LogP contribution in [-0.4, -0.2) is 25.8 Å². The Morgan fingerprint density at radius 1 is 1.11 bits per heavy atom. The highest BCUT2D eigenvalue weighted by Crippen LogP contribution is 2.32. The van der Waals surface area contributed by atoms with Crippen molar-refractivity contribution in [2.45, 2.75) is 0 Å². The van der Waals surface area contributed by atoms with Crippen molar-refractivity contribution in [1.29, 1.82) is 0 Å². The summed E-state index contributed by atoms with van der Waals surface area (Å²) in [7, 11) is 0. The second-order valence-corrected chi connectivity index (χ2v) is 5.96. The first-order valence-corrected chi connectivity index (χ1v) is 8.33. The summed E-state index contributed by atoms with van der Waals surface area (Å²) in [5, 5.41) is 14.4. The Morgan fingerprint density at radius 3 is 2.59 bits per heavy atom. The number of para-hydroxylation sites is 1. The smallest absolute Gasteiger partial charge is 0.333 e. The van der Waals surface area contributed by atoms with Crippen molar-refractivity contribution in [1.82, 2.24) is 20.4 Å². The molecule has 3 rings (SSSR count). The van der Waals surface area contributed by atoms with Crippen LogP contribution in [0.4, 0.5) is 23.0 Å². The number of nitrogens with zero attached hydrogens (tertiary/aromatic N) is 4. The lowest BCUT2D eigenvalue weighted by Gasteiger charge is -2.11. The number of carbonyl (C=O) groups is 1. The van der Waals surface area contributed by atoms with Crippen LogP contribution in [0.1, 0.15) is 10.4 Å². The van der Waals surface area contributed by atoms with Crippen molar-refractivity contribution < 1.29 is 9.72 Å². The first-order chi connectivity index (χ1) is 13.1. The summed E-state index contributed by atoms with van der Waals surface area (Å²) in [6.45, 7) is 0.